The van der Waals surface area contributed by atoms with Crippen molar-refractivity contribution in [3.05, 3.63) is 107 Å². The van der Waals surface area contributed by atoms with Crippen molar-refractivity contribution in [1.29, 1.82) is 0 Å². The van der Waals surface area contributed by atoms with Crippen molar-refractivity contribution in [3.63, 3.8) is 0 Å². The first-order chi connectivity index (χ1) is 14.6. The lowest BCUT2D eigenvalue weighted by molar-refractivity contribution is 0.625. The number of hydrogen-bond donors (Lipinski definition) is 1. The predicted octanol–water partition coefficient (Wildman–Crippen LogP) is 6.02. The Morgan fingerprint density at radius 3 is 2.47 bits per heavy atom. The fraction of sp³-hybridized carbons (Fsp3) is 0.115. The maximum absolute atomic E-state index is 14.8. The summed E-state index contributed by atoms with van der Waals surface area (Å²) in [5, 5.41) is 1.14. The number of nitrogens with zero attached hydrogens (tertiary/aromatic N) is 2. The van der Waals surface area contributed by atoms with E-state index in [0.717, 1.165) is 33.4 Å². The van der Waals surface area contributed by atoms with E-state index in [-0.39, 0.29) is 11.9 Å². The molecule has 1 aliphatic rings. The molecule has 3 nitrogen and oxygen atoms in total. The van der Waals surface area contributed by atoms with Gasteiger partial charge >= 0.3 is 0 Å². The molecular weight excluding hydrogens is 373 g/mol. The summed E-state index contributed by atoms with van der Waals surface area (Å²) in [6, 6.07) is 23.1. The normalized spacial score (nSPS) is 17.7. The monoisotopic (exact) mass is 395 g/mol. The fourth-order valence-corrected chi connectivity index (χ4v) is 4.06. The van der Waals surface area contributed by atoms with Crippen LogP contribution in [0.3, 0.4) is 0 Å². The van der Waals surface area contributed by atoms with Gasteiger partial charge in [0.25, 0.3) is 0 Å². The van der Waals surface area contributed by atoms with E-state index < -0.39 is 0 Å². The summed E-state index contributed by atoms with van der Waals surface area (Å²) in [6.07, 6.45) is 4.10. The summed E-state index contributed by atoms with van der Waals surface area (Å²) >= 11 is 0. The Labute approximate surface area is 175 Å². The number of rotatable bonds is 2. The molecule has 0 spiro atoms. The smallest absolute Gasteiger partial charge is 0.132 e. The van der Waals surface area contributed by atoms with Gasteiger partial charge in [-0.3, -0.25) is 0 Å². The molecule has 4 aromatic rings. The second-order valence-electron chi connectivity index (χ2n) is 7.60. The van der Waals surface area contributed by atoms with Crippen LogP contribution in [0.15, 0.2) is 89.7 Å². The van der Waals surface area contributed by atoms with E-state index in [2.05, 4.69) is 48.1 Å². The van der Waals surface area contributed by atoms with Gasteiger partial charge in [-0.15, -0.1) is 0 Å². The minimum Gasteiger partial charge on any atom is -0.366 e. The van der Waals surface area contributed by atoms with Gasteiger partial charge in [0, 0.05) is 46.5 Å². The molecule has 0 aliphatic carbocycles. The van der Waals surface area contributed by atoms with Crippen molar-refractivity contribution >= 4 is 28.4 Å². The van der Waals surface area contributed by atoms with Gasteiger partial charge in [0.2, 0.25) is 0 Å². The van der Waals surface area contributed by atoms with Crippen molar-refractivity contribution in [3.8, 4) is 0 Å². The number of halogens is 1. The molecule has 4 heteroatoms. The number of nitrogens with one attached hydrogen (secondary N) is 1. The minimum absolute atomic E-state index is 0.0177. The molecule has 0 fully saturated rings. The topological polar surface area (TPSA) is 31.4 Å². The van der Waals surface area contributed by atoms with Crippen molar-refractivity contribution in [2.75, 3.05) is 11.9 Å². The quantitative estimate of drug-likeness (QED) is 0.442. The third kappa shape index (κ3) is 3.01. The molecule has 1 atom stereocenters. The van der Waals surface area contributed by atoms with E-state index in [1.807, 2.05) is 42.6 Å². The van der Waals surface area contributed by atoms with Crippen LogP contribution in [0.4, 0.5) is 10.1 Å². The number of hydrogen-bond acceptors (Lipinski definition) is 2. The molecule has 0 saturated heterocycles. The molecule has 5 rings (SSSR count). The third-order valence-electron chi connectivity index (χ3n) is 5.84. The summed E-state index contributed by atoms with van der Waals surface area (Å²) in [6.45, 7) is 2.13. The van der Waals surface area contributed by atoms with Gasteiger partial charge in [-0.25, -0.2) is 9.38 Å². The maximum atomic E-state index is 14.8. The number of fused-ring (bicyclic) bond motifs is 2. The Bertz CT molecular complexity index is 1300. The van der Waals surface area contributed by atoms with E-state index in [1.165, 1.54) is 6.07 Å². The van der Waals surface area contributed by atoms with Gasteiger partial charge in [0.05, 0.1) is 17.5 Å². The van der Waals surface area contributed by atoms with Crippen molar-refractivity contribution in [1.82, 2.24) is 4.98 Å². The van der Waals surface area contributed by atoms with Crippen LogP contribution in [0.5, 0.6) is 0 Å². The number of aromatic nitrogens is 1. The molecule has 2 heterocycles. The Balaban J connectivity index is 1.76. The second-order valence-corrected chi connectivity index (χ2v) is 7.60. The van der Waals surface area contributed by atoms with Crippen LogP contribution in [0.2, 0.25) is 0 Å². The molecule has 1 unspecified atom stereocenters. The number of para-hydroxylation sites is 2. The number of anilines is 1. The molecule has 1 N–H and O–H groups in total. The highest BCUT2D eigenvalue weighted by Gasteiger charge is 2.26. The molecule has 1 aliphatic heterocycles. The third-order valence-corrected chi connectivity index (χ3v) is 5.84. The van der Waals surface area contributed by atoms with Crippen LogP contribution >= 0.6 is 0 Å². The van der Waals surface area contributed by atoms with Gasteiger partial charge in [0.15, 0.2) is 0 Å². The predicted molar refractivity (Wildman–Crippen MR) is 123 cm³/mol. The lowest BCUT2D eigenvalue weighted by Gasteiger charge is -2.26. The molecular formula is C26H22FN3. The molecule has 3 aromatic carbocycles. The molecule has 1 aromatic heterocycles. The molecule has 0 bridgehead atoms. The largest absolute Gasteiger partial charge is 0.366 e. The SMILES string of the molecule is CC1/C(=C/c2c[nH]c3ccccc23)N=C(c2ccccc2F)c2ccccc2N1C. The van der Waals surface area contributed by atoms with E-state index in [9.17, 15) is 4.39 Å². The van der Waals surface area contributed by atoms with Crippen molar-refractivity contribution in [2.45, 2.75) is 13.0 Å². The van der Waals surface area contributed by atoms with Crippen LogP contribution in [-0.2, 0) is 0 Å². The summed E-state index contributed by atoms with van der Waals surface area (Å²) in [5.74, 6) is -0.269. The van der Waals surface area contributed by atoms with E-state index in [1.54, 1.807) is 12.1 Å². The first-order valence-corrected chi connectivity index (χ1v) is 10.1. The van der Waals surface area contributed by atoms with Gasteiger partial charge < -0.3 is 9.88 Å². The van der Waals surface area contributed by atoms with Gasteiger partial charge in [0.1, 0.15) is 5.82 Å². The number of likely N-dealkylation sites (N-methyl/N-ethyl adjacent to an activating group) is 1. The highest BCUT2D eigenvalue weighted by molar-refractivity contribution is 6.17. The Morgan fingerprint density at radius 1 is 0.933 bits per heavy atom. The first kappa shape index (κ1) is 18.4. The Kier molecular flexibility index (Phi) is 4.47. The molecule has 0 radical (unpaired) electrons. The highest BCUT2D eigenvalue weighted by Crippen LogP contribution is 2.33. The van der Waals surface area contributed by atoms with E-state index in [0.29, 0.717) is 11.3 Å². The maximum Gasteiger partial charge on any atom is 0.132 e. The van der Waals surface area contributed by atoms with Crippen LogP contribution < -0.4 is 4.90 Å². The summed E-state index contributed by atoms with van der Waals surface area (Å²) in [5.41, 5.74) is 6.18. The van der Waals surface area contributed by atoms with Crippen LogP contribution in [0.25, 0.3) is 17.0 Å². The van der Waals surface area contributed by atoms with Crippen LogP contribution in [0.1, 0.15) is 23.6 Å². The second kappa shape index (κ2) is 7.30. The lowest BCUT2D eigenvalue weighted by Crippen LogP contribution is -2.29. The number of benzene rings is 3. The zero-order valence-electron chi connectivity index (χ0n) is 16.9. The van der Waals surface area contributed by atoms with Crippen molar-refractivity contribution in [2.24, 2.45) is 4.99 Å². The van der Waals surface area contributed by atoms with Gasteiger partial charge in [-0.1, -0.05) is 48.5 Å². The van der Waals surface area contributed by atoms with Crippen LogP contribution in [-0.4, -0.2) is 23.8 Å². The van der Waals surface area contributed by atoms with E-state index in [4.69, 9.17) is 4.99 Å². The fourth-order valence-electron chi connectivity index (χ4n) is 4.06. The van der Waals surface area contributed by atoms with Crippen LogP contribution in [0, 0.1) is 5.82 Å². The molecule has 0 amide bonds. The molecule has 148 valence electrons. The average Bonchev–Trinajstić information content (AvgIpc) is 3.15. The minimum atomic E-state index is -0.269. The number of aromatic amines is 1. The number of aliphatic imine (C=N–C) groups is 1. The zero-order valence-corrected chi connectivity index (χ0v) is 16.9. The highest BCUT2D eigenvalue weighted by atomic mass is 19.1. The standard InChI is InChI=1S/C26H22FN3/c1-17-24(15-18-16-28-23-13-7-4-9-19(18)23)29-26(20-10-3-6-12-22(20)27)21-11-5-8-14-25(21)30(17)2/h3-17,28H,1-2H3/b24-15-. The molecule has 0 saturated carbocycles. The summed E-state index contributed by atoms with van der Waals surface area (Å²) in [7, 11) is 2.06. The Morgan fingerprint density at radius 2 is 1.63 bits per heavy atom. The lowest BCUT2D eigenvalue weighted by atomic mass is 10.00. The number of H-pyrrole nitrogens is 1. The Hall–Kier alpha value is -3.66. The van der Waals surface area contributed by atoms with Gasteiger partial charge in [-0.05, 0) is 37.3 Å². The van der Waals surface area contributed by atoms with E-state index >= 15 is 0 Å². The summed E-state index contributed by atoms with van der Waals surface area (Å²) < 4.78 is 14.8. The summed E-state index contributed by atoms with van der Waals surface area (Å²) in [4.78, 5) is 10.6. The van der Waals surface area contributed by atoms with Gasteiger partial charge in [-0.2, -0.15) is 0 Å². The molecule has 30 heavy (non-hydrogen) atoms. The number of benzodiazepines with no additional fused rings is 1. The average molecular weight is 395 g/mol. The zero-order chi connectivity index (χ0) is 20.7. The first-order valence-electron chi connectivity index (χ1n) is 10.1. The van der Waals surface area contributed by atoms with Crippen molar-refractivity contribution < 1.29 is 4.39 Å².